The van der Waals surface area contributed by atoms with Crippen molar-refractivity contribution in [3.8, 4) is 0 Å². The van der Waals surface area contributed by atoms with Crippen molar-refractivity contribution in [1.82, 2.24) is 10.2 Å². The van der Waals surface area contributed by atoms with Gasteiger partial charge in [0.25, 0.3) is 0 Å². The topological polar surface area (TPSA) is 50.8 Å². The molecule has 1 N–H and O–H groups in total. The van der Waals surface area contributed by atoms with Gasteiger partial charge in [0.1, 0.15) is 6.04 Å². The second kappa shape index (κ2) is 9.32. The molecule has 0 aromatic carbocycles. The van der Waals surface area contributed by atoms with Gasteiger partial charge in [-0.2, -0.15) is 0 Å². The van der Waals surface area contributed by atoms with E-state index in [1.165, 1.54) is 0 Å². The van der Waals surface area contributed by atoms with Crippen molar-refractivity contribution in [2.24, 2.45) is 5.92 Å². The first-order valence-corrected chi connectivity index (χ1v) is 7.70. The molecule has 0 heterocycles. The van der Waals surface area contributed by atoms with Gasteiger partial charge in [-0.1, -0.05) is 13.8 Å². The third kappa shape index (κ3) is 7.22. The molecule has 0 aromatic heterocycles. The molecule has 1 fully saturated rings. The summed E-state index contributed by atoms with van der Waals surface area (Å²) in [6, 6.07) is 0.269. The Kier molecular flexibility index (Phi) is 8.11. The number of hydrogen-bond acceptors (Lipinski definition) is 5. The van der Waals surface area contributed by atoms with Crippen LogP contribution in [-0.2, 0) is 14.3 Å². The number of hydrogen-bond donors (Lipinski definition) is 1. The summed E-state index contributed by atoms with van der Waals surface area (Å²) >= 11 is 0. The van der Waals surface area contributed by atoms with Gasteiger partial charge < -0.3 is 14.8 Å². The average molecular weight is 286 g/mol. The second-order valence-corrected chi connectivity index (χ2v) is 5.89. The first-order valence-electron chi connectivity index (χ1n) is 7.70. The van der Waals surface area contributed by atoms with Gasteiger partial charge in [0, 0.05) is 32.8 Å². The number of carbonyl (C=O) groups is 1. The molecule has 1 rings (SSSR count). The van der Waals surface area contributed by atoms with E-state index in [2.05, 4.69) is 24.1 Å². The Morgan fingerprint density at radius 2 is 2.05 bits per heavy atom. The first-order chi connectivity index (χ1) is 9.56. The molecule has 0 amide bonds. The largest absolute Gasteiger partial charge is 0.465 e. The van der Waals surface area contributed by atoms with Crippen LogP contribution in [0, 0.1) is 5.92 Å². The molecule has 0 radical (unpaired) electrons. The predicted molar refractivity (Wildman–Crippen MR) is 79.7 cm³/mol. The third-order valence-electron chi connectivity index (χ3n) is 3.26. The molecule has 5 nitrogen and oxygen atoms in total. The number of nitrogens with zero attached hydrogens (tertiary/aromatic N) is 1. The Morgan fingerprint density at radius 3 is 2.55 bits per heavy atom. The van der Waals surface area contributed by atoms with Crippen molar-refractivity contribution in [3.05, 3.63) is 0 Å². The van der Waals surface area contributed by atoms with E-state index >= 15 is 0 Å². The number of rotatable bonds is 11. The van der Waals surface area contributed by atoms with Gasteiger partial charge in [-0.3, -0.25) is 9.69 Å². The van der Waals surface area contributed by atoms with Gasteiger partial charge in [-0.05, 0) is 25.7 Å². The summed E-state index contributed by atoms with van der Waals surface area (Å²) in [7, 11) is 1.71. The Balaban J connectivity index is 2.53. The molecular formula is C15H30N2O3. The first kappa shape index (κ1) is 17.4. The van der Waals surface area contributed by atoms with Gasteiger partial charge in [0.15, 0.2) is 0 Å². The minimum absolute atomic E-state index is 0.134. The molecule has 0 aliphatic heterocycles. The molecule has 0 bridgehead atoms. The van der Waals surface area contributed by atoms with Crippen LogP contribution in [0.2, 0.25) is 0 Å². The lowest BCUT2D eigenvalue weighted by molar-refractivity contribution is -0.146. The molecule has 1 aliphatic carbocycles. The zero-order valence-electron chi connectivity index (χ0n) is 13.4. The van der Waals surface area contributed by atoms with Gasteiger partial charge in [0.2, 0.25) is 0 Å². The highest BCUT2D eigenvalue weighted by Crippen LogP contribution is 2.20. The fourth-order valence-corrected chi connectivity index (χ4v) is 2.22. The molecule has 1 aliphatic rings. The highest BCUT2D eigenvalue weighted by molar-refractivity contribution is 5.76. The van der Waals surface area contributed by atoms with Gasteiger partial charge in [-0.25, -0.2) is 0 Å². The smallest absolute Gasteiger partial charge is 0.324 e. The second-order valence-electron chi connectivity index (χ2n) is 5.89. The molecular weight excluding hydrogens is 256 g/mol. The number of ether oxygens (including phenoxy) is 2. The van der Waals surface area contributed by atoms with Crippen LogP contribution in [0.5, 0.6) is 0 Å². The van der Waals surface area contributed by atoms with E-state index in [1.807, 2.05) is 6.92 Å². The van der Waals surface area contributed by atoms with Crippen LogP contribution in [0.4, 0.5) is 0 Å². The molecule has 5 heteroatoms. The highest BCUT2D eigenvalue weighted by Gasteiger charge is 2.30. The quantitative estimate of drug-likeness (QED) is 0.580. The fourth-order valence-electron chi connectivity index (χ4n) is 2.22. The summed E-state index contributed by atoms with van der Waals surface area (Å²) in [6.45, 7) is 9.85. The average Bonchev–Trinajstić information content (AvgIpc) is 3.18. The van der Waals surface area contributed by atoms with E-state index in [-0.39, 0.29) is 12.0 Å². The molecule has 1 saturated carbocycles. The number of carbonyl (C=O) groups excluding carboxylic acids is 1. The molecule has 0 aromatic rings. The summed E-state index contributed by atoms with van der Waals surface area (Å²) in [5.41, 5.74) is 0. The molecule has 1 atom stereocenters. The summed E-state index contributed by atoms with van der Waals surface area (Å²) in [6.07, 6.45) is 2.33. The molecule has 1 unspecified atom stereocenters. The van der Waals surface area contributed by atoms with E-state index in [4.69, 9.17) is 9.47 Å². The van der Waals surface area contributed by atoms with Crippen LogP contribution in [0.25, 0.3) is 0 Å². The number of esters is 1. The van der Waals surface area contributed by atoms with Crippen LogP contribution in [0.15, 0.2) is 0 Å². The van der Waals surface area contributed by atoms with Gasteiger partial charge >= 0.3 is 5.97 Å². The van der Waals surface area contributed by atoms with E-state index in [9.17, 15) is 4.79 Å². The van der Waals surface area contributed by atoms with Crippen molar-refractivity contribution in [2.45, 2.75) is 45.7 Å². The van der Waals surface area contributed by atoms with Crippen molar-refractivity contribution in [1.29, 1.82) is 0 Å². The minimum Gasteiger partial charge on any atom is -0.465 e. The lowest BCUT2D eigenvalue weighted by atomic mass is 10.2. The van der Waals surface area contributed by atoms with Crippen LogP contribution in [0.3, 0.4) is 0 Å². The molecule has 0 saturated heterocycles. The maximum atomic E-state index is 12.1. The van der Waals surface area contributed by atoms with Crippen LogP contribution in [-0.4, -0.2) is 62.9 Å². The lowest BCUT2D eigenvalue weighted by Crippen LogP contribution is -2.49. The third-order valence-corrected chi connectivity index (χ3v) is 3.26. The number of methoxy groups -OCH3 is 1. The van der Waals surface area contributed by atoms with E-state index in [1.54, 1.807) is 7.11 Å². The van der Waals surface area contributed by atoms with Gasteiger partial charge in [0.05, 0.1) is 13.2 Å². The van der Waals surface area contributed by atoms with Crippen molar-refractivity contribution in [3.63, 3.8) is 0 Å². The molecule has 20 heavy (non-hydrogen) atoms. The summed E-state index contributed by atoms with van der Waals surface area (Å²) < 4.78 is 10.3. The Bertz CT molecular complexity index is 280. The van der Waals surface area contributed by atoms with Crippen LogP contribution < -0.4 is 5.32 Å². The Hall–Kier alpha value is -0.650. The fraction of sp³-hybridized carbons (Fsp3) is 0.933. The summed E-state index contributed by atoms with van der Waals surface area (Å²) in [4.78, 5) is 14.3. The maximum absolute atomic E-state index is 12.1. The molecule has 118 valence electrons. The Morgan fingerprint density at radius 1 is 1.35 bits per heavy atom. The van der Waals surface area contributed by atoms with Crippen molar-refractivity contribution >= 4 is 5.97 Å². The summed E-state index contributed by atoms with van der Waals surface area (Å²) in [5, 5.41) is 3.40. The normalized spacial score (nSPS) is 16.7. The maximum Gasteiger partial charge on any atom is 0.324 e. The van der Waals surface area contributed by atoms with Crippen molar-refractivity contribution in [2.75, 3.05) is 40.0 Å². The standard InChI is InChI=1S/C15H30N2O3/c1-5-20-15(18)14(16-13-6-7-13)11-17(8-9-19-4)10-12(2)3/h12-14,16H,5-11H2,1-4H3. The van der Waals surface area contributed by atoms with Crippen LogP contribution >= 0.6 is 0 Å². The lowest BCUT2D eigenvalue weighted by Gasteiger charge is -2.28. The number of nitrogens with one attached hydrogen (secondary N) is 1. The van der Waals surface area contributed by atoms with Crippen LogP contribution in [0.1, 0.15) is 33.6 Å². The highest BCUT2D eigenvalue weighted by atomic mass is 16.5. The van der Waals surface area contributed by atoms with E-state index < -0.39 is 0 Å². The molecule has 0 spiro atoms. The SMILES string of the molecule is CCOC(=O)C(CN(CCOC)CC(C)C)NC1CC1. The zero-order valence-corrected chi connectivity index (χ0v) is 13.4. The van der Waals surface area contributed by atoms with Gasteiger partial charge in [-0.15, -0.1) is 0 Å². The predicted octanol–water partition coefficient (Wildman–Crippen LogP) is 1.27. The summed E-state index contributed by atoms with van der Waals surface area (Å²) in [5.74, 6) is 0.432. The van der Waals surface area contributed by atoms with Crippen molar-refractivity contribution < 1.29 is 14.3 Å². The zero-order chi connectivity index (χ0) is 15.0. The Labute approximate surface area is 123 Å². The van der Waals surface area contributed by atoms with E-state index in [0.29, 0.717) is 31.7 Å². The van der Waals surface area contributed by atoms with E-state index in [0.717, 1.165) is 25.9 Å². The minimum atomic E-state index is -0.224. The monoisotopic (exact) mass is 286 g/mol.